The van der Waals surface area contributed by atoms with Gasteiger partial charge >= 0.3 is 0 Å². The molecule has 0 bridgehead atoms. The molecule has 0 unspecified atom stereocenters. The monoisotopic (exact) mass is 236 g/mol. The van der Waals surface area contributed by atoms with Gasteiger partial charge in [0.25, 0.3) is 0 Å². The van der Waals surface area contributed by atoms with Crippen LogP contribution < -0.4 is 0 Å². The summed E-state index contributed by atoms with van der Waals surface area (Å²) in [7, 11) is 0. The van der Waals surface area contributed by atoms with Crippen molar-refractivity contribution in [3.8, 4) is 0 Å². The number of ether oxygens (including phenoxy) is 1. The molecule has 1 saturated heterocycles. The molecular weight excluding hydrogens is 224 g/mol. The molecule has 0 amide bonds. The minimum absolute atomic E-state index is 0.195. The standard InChI is InChI=1S/C10H12N4O3/c15-3-8-7(16)1-9(17-8)14-5-13-6-2-11-4-12-10(6)14/h2,4-5,7-9,15-16H,1,3H2/t7-,8+,9-/m1/s1. The first-order chi connectivity index (χ1) is 8.29. The molecule has 17 heavy (non-hydrogen) atoms. The summed E-state index contributed by atoms with van der Waals surface area (Å²) in [4.78, 5) is 12.2. The Kier molecular flexibility index (Phi) is 2.50. The third kappa shape index (κ3) is 1.68. The fourth-order valence-corrected chi connectivity index (χ4v) is 2.05. The lowest BCUT2D eigenvalue weighted by atomic mass is 10.2. The fourth-order valence-electron chi connectivity index (χ4n) is 2.05. The van der Waals surface area contributed by atoms with Gasteiger partial charge in [0.2, 0.25) is 0 Å². The van der Waals surface area contributed by atoms with Gasteiger partial charge in [-0.2, -0.15) is 0 Å². The van der Waals surface area contributed by atoms with Crippen molar-refractivity contribution in [3.63, 3.8) is 0 Å². The molecule has 90 valence electrons. The normalized spacial score (nSPS) is 28.9. The number of aliphatic hydroxyl groups is 2. The predicted octanol–water partition coefficient (Wildman–Crippen LogP) is -0.533. The molecule has 0 aliphatic carbocycles. The summed E-state index contributed by atoms with van der Waals surface area (Å²) in [6.45, 7) is -0.195. The molecule has 1 aliphatic rings. The van der Waals surface area contributed by atoms with Crippen LogP contribution in [0, 0.1) is 0 Å². The van der Waals surface area contributed by atoms with Crippen molar-refractivity contribution in [2.24, 2.45) is 0 Å². The van der Waals surface area contributed by atoms with Gasteiger partial charge in [-0.15, -0.1) is 0 Å². The van der Waals surface area contributed by atoms with Gasteiger partial charge < -0.3 is 14.9 Å². The number of aliphatic hydroxyl groups excluding tert-OH is 2. The molecule has 3 atom stereocenters. The molecule has 2 aromatic rings. The van der Waals surface area contributed by atoms with Crippen molar-refractivity contribution in [3.05, 3.63) is 18.9 Å². The second kappa shape index (κ2) is 4.02. The minimum atomic E-state index is -0.663. The highest BCUT2D eigenvalue weighted by molar-refractivity contribution is 5.68. The first-order valence-corrected chi connectivity index (χ1v) is 5.36. The van der Waals surface area contributed by atoms with Gasteiger partial charge in [0.15, 0.2) is 5.65 Å². The zero-order valence-electron chi connectivity index (χ0n) is 8.97. The lowest BCUT2D eigenvalue weighted by Gasteiger charge is -2.13. The average Bonchev–Trinajstić information content (AvgIpc) is 2.92. The molecule has 2 aromatic heterocycles. The Bertz CT molecular complexity index is 529. The maximum Gasteiger partial charge on any atom is 0.165 e. The van der Waals surface area contributed by atoms with E-state index in [1.165, 1.54) is 6.33 Å². The van der Waals surface area contributed by atoms with Gasteiger partial charge in [-0.05, 0) is 0 Å². The number of imidazole rings is 1. The van der Waals surface area contributed by atoms with E-state index in [0.717, 1.165) is 0 Å². The highest BCUT2D eigenvalue weighted by atomic mass is 16.5. The van der Waals surface area contributed by atoms with Gasteiger partial charge in [0.1, 0.15) is 24.2 Å². The molecule has 7 heteroatoms. The second-order valence-corrected chi connectivity index (χ2v) is 4.00. The molecule has 1 fully saturated rings. The Morgan fingerprint density at radius 2 is 2.35 bits per heavy atom. The van der Waals surface area contributed by atoms with E-state index in [0.29, 0.717) is 17.6 Å². The van der Waals surface area contributed by atoms with Gasteiger partial charge in [-0.25, -0.2) is 15.0 Å². The highest BCUT2D eigenvalue weighted by Gasteiger charge is 2.35. The first kappa shape index (κ1) is 10.6. The van der Waals surface area contributed by atoms with Crippen LogP contribution in [0.5, 0.6) is 0 Å². The van der Waals surface area contributed by atoms with E-state index in [1.807, 2.05) is 0 Å². The van der Waals surface area contributed by atoms with Crippen molar-refractivity contribution in [1.29, 1.82) is 0 Å². The number of nitrogens with zero attached hydrogens (tertiary/aromatic N) is 4. The van der Waals surface area contributed by atoms with Crippen LogP contribution in [-0.2, 0) is 4.74 Å². The van der Waals surface area contributed by atoms with Crippen molar-refractivity contribution in [2.75, 3.05) is 6.61 Å². The molecular formula is C10H12N4O3. The third-order valence-electron chi connectivity index (χ3n) is 2.93. The molecule has 1 aliphatic heterocycles. The molecule has 2 N–H and O–H groups in total. The van der Waals surface area contributed by atoms with E-state index in [4.69, 9.17) is 9.84 Å². The summed E-state index contributed by atoms with van der Waals surface area (Å²) in [5.74, 6) is 0. The van der Waals surface area contributed by atoms with E-state index >= 15 is 0 Å². The Morgan fingerprint density at radius 1 is 1.47 bits per heavy atom. The van der Waals surface area contributed by atoms with Crippen LogP contribution in [0.3, 0.4) is 0 Å². The third-order valence-corrected chi connectivity index (χ3v) is 2.93. The van der Waals surface area contributed by atoms with E-state index in [9.17, 15) is 5.11 Å². The van der Waals surface area contributed by atoms with Gasteiger partial charge in [0.05, 0.1) is 25.2 Å². The lowest BCUT2D eigenvalue weighted by molar-refractivity contribution is -0.0432. The van der Waals surface area contributed by atoms with E-state index < -0.39 is 12.2 Å². The summed E-state index contributed by atoms with van der Waals surface area (Å²) < 4.78 is 7.28. The molecule has 0 spiro atoms. The van der Waals surface area contributed by atoms with Gasteiger partial charge in [0, 0.05) is 6.42 Å². The second-order valence-electron chi connectivity index (χ2n) is 4.00. The van der Waals surface area contributed by atoms with E-state index in [1.54, 1.807) is 17.1 Å². The average molecular weight is 236 g/mol. The summed E-state index contributed by atoms with van der Waals surface area (Å²) in [6, 6.07) is 0. The van der Waals surface area contributed by atoms with Crippen LogP contribution in [0.25, 0.3) is 11.2 Å². The van der Waals surface area contributed by atoms with Crippen molar-refractivity contribution < 1.29 is 14.9 Å². The maximum atomic E-state index is 9.68. The van der Waals surface area contributed by atoms with Crippen molar-refractivity contribution in [2.45, 2.75) is 24.9 Å². The lowest BCUT2D eigenvalue weighted by Crippen LogP contribution is -2.24. The zero-order chi connectivity index (χ0) is 11.8. The molecule has 3 heterocycles. The first-order valence-electron chi connectivity index (χ1n) is 5.36. The van der Waals surface area contributed by atoms with Crippen molar-refractivity contribution in [1.82, 2.24) is 19.5 Å². The minimum Gasteiger partial charge on any atom is -0.394 e. The number of hydrogen-bond acceptors (Lipinski definition) is 6. The van der Waals surface area contributed by atoms with Crippen LogP contribution in [-0.4, -0.2) is 48.5 Å². The summed E-state index contributed by atoms with van der Waals surface area (Å²) in [5.41, 5.74) is 1.34. The largest absolute Gasteiger partial charge is 0.394 e. The number of rotatable bonds is 2. The van der Waals surface area contributed by atoms with Gasteiger partial charge in [-0.1, -0.05) is 0 Å². The smallest absolute Gasteiger partial charge is 0.165 e. The SMILES string of the molecule is OC[C@@H]1O[C@@H](n2cnc3cncnc32)C[C@H]1O. The summed E-state index contributed by atoms with van der Waals surface area (Å²) in [6.07, 6.45) is 3.53. The zero-order valence-corrected chi connectivity index (χ0v) is 8.97. The number of aromatic nitrogens is 4. The highest BCUT2D eigenvalue weighted by Crippen LogP contribution is 2.30. The molecule has 0 saturated carbocycles. The Balaban J connectivity index is 1.95. The molecule has 0 aromatic carbocycles. The summed E-state index contributed by atoms with van der Waals surface area (Å²) in [5, 5.41) is 18.7. The van der Waals surface area contributed by atoms with E-state index in [2.05, 4.69) is 15.0 Å². The number of hydrogen-bond donors (Lipinski definition) is 2. The Morgan fingerprint density at radius 3 is 3.12 bits per heavy atom. The number of fused-ring (bicyclic) bond motifs is 1. The molecule has 0 radical (unpaired) electrons. The molecule has 7 nitrogen and oxygen atoms in total. The van der Waals surface area contributed by atoms with Crippen molar-refractivity contribution >= 4 is 11.2 Å². The summed E-state index contributed by atoms with van der Waals surface area (Å²) >= 11 is 0. The topological polar surface area (TPSA) is 93.3 Å². The molecule has 3 rings (SSSR count). The Hall–Kier alpha value is -1.57. The van der Waals surface area contributed by atoms with Crippen LogP contribution >= 0.6 is 0 Å². The maximum absolute atomic E-state index is 9.68. The van der Waals surface area contributed by atoms with Crippen LogP contribution in [0.15, 0.2) is 18.9 Å². The van der Waals surface area contributed by atoms with Gasteiger partial charge in [-0.3, -0.25) is 4.57 Å². The van der Waals surface area contributed by atoms with Crippen LogP contribution in [0.2, 0.25) is 0 Å². The Labute approximate surface area is 96.7 Å². The van der Waals surface area contributed by atoms with Crippen LogP contribution in [0.1, 0.15) is 12.6 Å². The fraction of sp³-hybridized carbons (Fsp3) is 0.500. The van der Waals surface area contributed by atoms with E-state index in [-0.39, 0.29) is 12.8 Å². The predicted molar refractivity (Wildman–Crippen MR) is 56.9 cm³/mol. The van der Waals surface area contributed by atoms with Crippen LogP contribution in [0.4, 0.5) is 0 Å². The quantitative estimate of drug-likeness (QED) is 0.728.